The van der Waals surface area contributed by atoms with E-state index in [0.29, 0.717) is 21.7 Å². The standard InChI is InChI=1S/C21H22N2O5S/c1-5-28-21(27)17-12(3)13(4)29-18(17)22-16(24)8-9-23-19(25)14-7-6-11(2)10-15(14)20(23)26/h6-7,10H,5,8-9H2,1-4H3,(H,22,24). The van der Waals surface area contributed by atoms with Gasteiger partial charge in [-0.15, -0.1) is 11.3 Å². The average molecular weight is 414 g/mol. The lowest BCUT2D eigenvalue weighted by Gasteiger charge is -2.13. The van der Waals surface area contributed by atoms with Crippen LogP contribution in [-0.2, 0) is 9.53 Å². The highest BCUT2D eigenvalue weighted by Gasteiger charge is 2.35. The van der Waals surface area contributed by atoms with E-state index in [4.69, 9.17) is 4.74 Å². The zero-order chi connectivity index (χ0) is 21.3. The molecule has 2 heterocycles. The minimum absolute atomic E-state index is 0.0324. The molecule has 29 heavy (non-hydrogen) atoms. The molecule has 0 bridgehead atoms. The number of benzene rings is 1. The van der Waals surface area contributed by atoms with Gasteiger partial charge in [0.15, 0.2) is 0 Å². The highest BCUT2D eigenvalue weighted by atomic mass is 32.1. The fourth-order valence-electron chi connectivity index (χ4n) is 3.17. The van der Waals surface area contributed by atoms with Gasteiger partial charge in [-0.2, -0.15) is 0 Å². The molecule has 0 spiro atoms. The SMILES string of the molecule is CCOC(=O)c1c(NC(=O)CCN2C(=O)c3ccc(C)cc3C2=O)sc(C)c1C. The topological polar surface area (TPSA) is 92.8 Å². The molecule has 0 atom stereocenters. The number of fused-ring (bicyclic) bond motifs is 1. The predicted octanol–water partition coefficient (Wildman–Crippen LogP) is 3.47. The summed E-state index contributed by atoms with van der Waals surface area (Å²) < 4.78 is 5.08. The lowest BCUT2D eigenvalue weighted by molar-refractivity contribution is -0.116. The van der Waals surface area contributed by atoms with E-state index in [9.17, 15) is 19.2 Å². The van der Waals surface area contributed by atoms with E-state index in [1.54, 1.807) is 32.0 Å². The number of carbonyl (C=O) groups excluding carboxylic acids is 4. The van der Waals surface area contributed by atoms with E-state index in [2.05, 4.69) is 5.32 Å². The van der Waals surface area contributed by atoms with E-state index in [1.807, 2.05) is 13.8 Å². The molecule has 3 amide bonds. The molecule has 2 aromatic rings. The van der Waals surface area contributed by atoms with Crippen molar-refractivity contribution in [2.45, 2.75) is 34.1 Å². The van der Waals surface area contributed by atoms with Gasteiger partial charge in [-0.3, -0.25) is 19.3 Å². The van der Waals surface area contributed by atoms with E-state index < -0.39 is 17.8 Å². The summed E-state index contributed by atoms with van der Waals surface area (Å²) >= 11 is 1.29. The van der Waals surface area contributed by atoms with E-state index in [-0.39, 0.29) is 25.5 Å². The van der Waals surface area contributed by atoms with Crippen molar-refractivity contribution in [3.8, 4) is 0 Å². The molecule has 0 aliphatic carbocycles. The van der Waals surface area contributed by atoms with Crippen LogP contribution in [0.25, 0.3) is 0 Å². The molecule has 0 fully saturated rings. The Labute approximate surface area is 172 Å². The number of thiophene rings is 1. The summed E-state index contributed by atoms with van der Waals surface area (Å²) in [7, 11) is 0. The van der Waals surface area contributed by atoms with Crippen molar-refractivity contribution < 1.29 is 23.9 Å². The lowest BCUT2D eigenvalue weighted by Crippen LogP contribution is -2.33. The van der Waals surface area contributed by atoms with Gasteiger partial charge in [0, 0.05) is 17.8 Å². The van der Waals surface area contributed by atoms with Gasteiger partial charge in [-0.1, -0.05) is 11.6 Å². The van der Waals surface area contributed by atoms with Crippen LogP contribution in [0.3, 0.4) is 0 Å². The first kappa shape index (κ1) is 20.7. The summed E-state index contributed by atoms with van der Waals surface area (Å²) in [4.78, 5) is 51.6. The number of ether oxygens (including phenoxy) is 1. The van der Waals surface area contributed by atoms with Crippen LogP contribution >= 0.6 is 11.3 Å². The van der Waals surface area contributed by atoms with Crippen molar-refractivity contribution in [2.24, 2.45) is 0 Å². The first-order chi connectivity index (χ1) is 13.7. The number of esters is 1. The zero-order valence-electron chi connectivity index (χ0n) is 16.8. The number of carbonyl (C=O) groups is 4. The maximum atomic E-state index is 12.5. The molecule has 152 valence electrons. The fourth-order valence-corrected chi connectivity index (χ4v) is 4.24. The lowest BCUT2D eigenvalue weighted by atomic mass is 10.1. The molecule has 1 aliphatic rings. The second-order valence-electron chi connectivity index (χ2n) is 6.82. The van der Waals surface area contributed by atoms with Crippen LogP contribution in [0, 0.1) is 20.8 Å². The van der Waals surface area contributed by atoms with Crippen molar-refractivity contribution in [3.05, 3.63) is 50.9 Å². The van der Waals surface area contributed by atoms with Crippen LogP contribution in [0.2, 0.25) is 0 Å². The van der Waals surface area contributed by atoms with Crippen LogP contribution in [-0.4, -0.2) is 41.7 Å². The minimum Gasteiger partial charge on any atom is -0.462 e. The summed E-state index contributed by atoms with van der Waals surface area (Å²) in [5.41, 5.74) is 2.72. The number of amides is 3. The second-order valence-corrected chi connectivity index (χ2v) is 8.04. The summed E-state index contributed by atoms with van der Waals surface area (Å²) in [6.45, 7) is 7.43. The highest BCUT2D eigenvalue weighted by Crippen LogP contribution is 2.33. The molecular formula is C21H22N2O5S. The minimum atomic E-state index is -0.486. The molecule has 1 aromatic carbocycles. The van der Waals surface area contributed by atoms with Gasteiger partial charge >= 0.3 is 5.97 Å². The Balaban J connectivity index is 1.69. The second kappa shape index (κ2) is 8.16. The summed E-state index contributed by atoms with van der Waals surface area (Å²) in [6, 6.07) is 5.09. The van der Waals surface area contributed by atoms with Gasteiger partial charge in [0.25, 0.3) is 11.8 Å². The van der Waals surface area contributed by atoms with Gasteiger partial charge in [0.05, 0.1) is 23.3 Å². The Kier molecular flexibility index (Phi) is 5.83. The number of anilines is 1. The Hall–Kier alpha value is -3.00. The van der Waals surface area contributed by atoms with Gasteiger partial charge in [0.1, 0.15) is 5.00 Å². The van der Waals surface area contributed by atoms with E-state index in [1.165, 1.54) is 11.3 Å². The quantitative estimate of drug-likeness (QED) is 0.577. The maximum Gasteiger partial charge on any atom is 0.341 e. The third-order valence-electron chi connectivity index (χ3n) is 4.81. The normalized spacial score (nSPS) is 12.9. The largest absolute Gasteiger partial charge is 0.462 e. The van der Waals surface area contributed by atoms with Gasteiger partial charge in [0.2, 0.25) is 5.91 Å². The zero-order valence-corrected chi connectivity index (χ0v) is 17.6. The smallest absolute Gasteiger partial charge is 0.341 e. The molecule has 7 nitrogen and oxygen atoms in total. The molecular weight excluding hydrogens is 392 g/mol. The maximum absolute atomic E-state index is 12.5. The Morgan fingerprint density at radius 2 is 1.79 bits per heavy atom. The molecule has 0 unspecified atom stereocenters. The van der Waals surface area contributed by atoms with Crippen LogP contribution in [0.4, 0.5) is 5.00 Å². The van der Waals surface area contributed by atoms with Crippen molar-refractivity contribution in [1.82, 2.24) is 4.90 Å². The first-order valence-corrected chi connectivity index (χ1v) is 10.1. The van der Waals surface area contributed by atoms with Gasteiger partial charge < -0.3 is 10.1 Å². The summed E-state index contributed by atoms with van der Waals surface area (Å²) in [5.74, 6) is -1.66. The number of hydrogen-bond donors (Lipinski definition) is 1. The Bertz CT molecular complexity index is 1020. The summed E-state index contributed by atoms with van der Waals surface area (Å²) in [6.07, 6.45) is -0.0668. The van der Waals surface area contributed by atoms with Crippen LogP contribution in [0.1, 0.15) is 60.4 Å². The third kappa shape index (κ3) is 3.93. The van der Waals surface area contributed by atoms with E-state index >= 15 is 0 Å². The summed E-state index contributed by atoms with van der Waals surface area (Å²) in [5, 5.41) is 3.14. The number of imide groups is 1. The van der Waals surface area contributed by atoms with Crippen molar-refractivity contribution in [2.75, 3.05) is 18.5 Å². The molecule has 1 N–H and O–H groups in total. The first-order valence-electron chi connectivity index (χ1n) is 9.28. The number of nitrogens with one attached hydrogen (secondary N) is 1. The van der Waals surface area contributed by atoms with Crippen LogP contribution in [0.15, 0.2) is 18.2 Å². The molecule has 0 radical (unpaired) electrons. The molecule has 0 saturated carbocycles. The number of rotatable bonds is 6. The monoisotopic (exact) mass is 414 g/mol. The molecule has 1 aromatic heterocycles. The molecule has 0 saturated heterocycles. The molecule has 1 aliphatic heterocycles. The van der Waals surface area contributed by atoms with Crippen LogP contribution in [0.5, 0.6) is 0 Å². The highest BCUT2D eigenvalue weighted by molar-refractivity contribution is 7.16. The number of nitrogens with zero attached hydrogens (tertiary/aromatic N) is 1. The van der Waals surface area contributed by atoms with Crippen molar-refractivity contribution in [3.63, 3.8) is 0 Å². The Morgan fingerprint density at radius 3 is 2.48 bits per heavy atom. The van der Waals surface area contributed by atoms with Crippen molar-refractivity contribution >= 4 is 40.0 Å². The molecule has 8 heteroatoms. The number of hydrogen-bond acceptors (Lipinski definition) is 6. The van der Waals surface area contributed by atoms with E-state index in [0.717, 1.165) is 20.9 Å². The van der Waals surface area contributed by atoms with Gasteiger partial charge in [-0.25, -0.2) is 4.79 Å². The fraction of sp³-hybridized carbons (Fsp3) is 0.333. The third-order valence-corrected chi connectivity index (χ3v) is 5.93. The average Bonchev–Trinajstić information content (AvgIpc) is 3.07. The Morgan fingerprint density at radius 1 is 1.10 bits per heavy atom. The van der Waals surface area contributed by atoms with Crippen molar-refractivity contribution in [1.29, 1.82) is 0 Å². The number of aryl methyl sites for hydroxylation is 2. The molecule has 3 rings (SSSR count). The van der Waals surface area contributed by atoms with Gasteiger partial charge in [-0.05, 0) is 45.4 Å². The van der Waals surface area contributed by atoms with Crippen LogP contribution < -0.4 is 5.32 Å². The predicted molar refractivity (Wildman–Crippen MR) is 110 cm³/mol.